The highest BCUT2D eigenvalue weighted by atomic mass is 16.5. The van der Waals surface area contributed by atoms with Crippen molar-refractivity contribution in [2.45, 2.75) is 31.3 Å². The van der Waals surface area contributed by atoms with E-state index in [0.29, 0.717) is 25.7 Å². The molecule has 2 rings (SSSR count). The van der Waals surface area contributed by atoms with E-state index in [1.54, 1.807) is 0 Å². The third-order valence-electron chi connectivity index (χ3n) is 3.70. The van der Waals surface area contributed by atoms with E-state index < -0.39 is 5.60 Å². The van der Waals surface area contributed by atoms with Crippen LogP contribution in [0.4, 0.5) is 0 Å². The summed E-state index contributed by atoms with van der Waals surface area (Å²) >= 11 is 0. The number of hydrogen-bond acceptors (Lipinski definition) is 3. The zero-order chi connectivity index (χ0) is 12.8. The molecule has 2 N–H and O–H groups in total. The zero-order valence-corrected chi connectivity index (χ0v) is 11.1. The van der Waals surface area contributed by atoms with Crippen LogP contribution in [0.2, 0.25) is 0 Å². The van der Waals surface area contributed by atoms with Crippen LogP contribution in [0.3, 0.4) is 0 Å². The van der Waals surface area contributed by atoms with Gasteiger partial charge in [0.25, 0.3) is 0 Å². The third-order valence-corrected chi connectivity index (χ3v) is 3.70. The highest BCUT2D eigenvalue weighted by Gasteiger charge is 2.29. The summed E-state index contributed by atoms with van der Waals surface area (Å²) in [6, 6.07) is 10.5. The van der Waals surface area contributed by atoms with Crippen LogP contribution in [0.5, 0.6) is 0 Å². The lowest BCUT2D eigenvalue weighted by molar-refractivity contribution is -0.0615. The second kappa shape index (κ2) is 6.32. The number of nitrogens with one attached hydrogen (secondary N) is 1. The Bertz CT molecular complexity index is 347. The standard InChI is InChI=1S/C15H23NO2/c1-13(14-5-3-2-4-6-14)11-16-12-15(17)7-9-18-10-8-15/h2-6,13,16-17H,7-12H2,1H3. The van der Waals surface area contributed by atoms with Gasteiger partial charge in [-0.3, -0.25) is 0 Å². The third kappa shape index (κ3) is 3.80. The number of rotatable bonds is 5. The minimum absolute atomic E-state index is 0.467. The Balaban J connectivity index is 1.75. The van der Waals surface area contributed by atoms with E-state index in [1.807, 2.05) is 6.07 Å². The minimum Gasteiger partial charge on any atom is -0.388 e. The average Bonchev–Trinajstić information content (AvgIpc) is 2.40. The summed E-state index contributed by atoms with van der Waals surface area (Å²) < 4.78 is 5.27. The Kier molecular flexibility index (Phi) is 4.75. The molecule has 18 heavy (non-hydrogen) atoms. The zero-order valence-electron chi connectivity index (χ0n) is 11.1. The van der Waals surface area contributed by atoms with E-state index in [4.69, 9.17) is 4.74 Å². The van der Waals surface area contributed by atoms with Crippen LogP contribution in [0, 0.1) is 0 Å². The van der Waals surface area contributed by atoms with Gasteiger partial charge in [0.05, 0.1) is 5.60 Å². The minimum atomic E-state index is -0.575. The van der Waals surface area contributed by atoms with Crippen LogP contribution in [0.15, 0.2) is 30.3 Å². The first-order valence-electron chi connectivity index (χ1n) is 6.75. The van der Waals surface area contributed by atoms with Crippen LogP contribution in [0.25, 0.3) is 0 Å². The van der Waals surface area contributed by atoms with Gasteiger partial charge in [0.15, 0.2) is 0 Å². The summed E-state index contributed by atoms with van der Waals surface area (Å²) in [5.74, 6) is 0.467. The maximum atomic E-state index is 10.3. The van der Waals surface area contributed by atoms with E-state index in [-0.39, 0.29) is 0 Å². The molecule has 1 saturated heterocycles. The molecular weight excluding hydrogens is 226 g/mol. The van der Waals surface area contributed by atoms with Crippen molar-refractivity contribution in [1.82, 2.24) is 5.32 Å². The van der Waals surface area contributed by atoms with Crippen molar-refractivity contribution in [3.05, 3.63) is 35.9 Å². The second-order valence-electron chi connectivity index (χ2n) is 5.28. The summed E-state index contributed by atoms with van der Waals surface area (Å²) in [5.41, 5.74) is 0.762. The van der Waals surface area contributed by atoms with E-state index in [1.165, 1.54) is 5.56 Å². The van der Waals surface area contributed by atoms with Crippen LogP contribution in [-0.4, -0.2) is 37.0 Å². The maximum Gasteiger partial charge on any atom is 0.0815 e. The van der Waals surface area contributed by atoms with E-state index in [2.05, 4.69) is 36.5 Å². The molecule has 1 unspecified atom stereocenters. The molecule has 1 fully saturated rings. The van der Waals surface area contributed by atoms with Crippen molar-refractivity contribution in [3.63, 3.8) is 0 Å². The lowest BCUT2D eigenvalue weighted by Gasteiger charge is -2.32. The fourth-order valence-corrected chi connectivity index (χ4v) is 2.35. The molecule has 1 atom stereocenters. The summed E-state index contributed by atoms with van der Waals surface area (Å²) in [7, 11) is 0. The van der Waals surface area contributed by atoms with Crippen LogP contribution in [0.1, 0.15) is 31.2 Å². The number of benzene rings is 1. The first kappa shape index (κ1) is 13.5. The molecule has 0 aromatic heterocycles. The van der Waals surface area contributed by atoms with Crippen molar-refractivity contribution in [3.8, 4) is 0 Å². The first-order chi connectivity index (χ1) is 8.70. The molecule has 0 spiro atoms. The quantitative estimate of drug-likeness (QED) is 0.837. The van der Waals surface area contributed by atoms with Gasteiger partial charge >= 0.3 is 0 Å². The SMILES string of the molecule is CC(CNCC1(O)CCOCC1)c1ccccc1. The molecule has 1 aliphatic rings. The predicted molar refractivity (Wildman–Crippen MR) is 72.7 cm³/mol. The monoisotopic (exact) mass is 249 g/mol. The van der Waals surface area contributed by atoms with Gasteiger partial charge in [0.1, 0.15) is 0 Å². The number of aliphatic hydroxyl groups is 1. The summed E-state index contributed by atoms with van der Waals surface area (Å²) in [6.45, 7) is 5.11. The van der Waals surface area contributed by atoms with Crippen molar-refractivity contribution in [2.24, 2.45) is 0 Å². The smallest absolute Gasteiger partial charge is 0.0815 e. The van der Waals surface area contributed by atoms with E-state index in [0.717, 1.165) is 19.4 Å². The fourth-order valence-electron chi connectivity index (χ4n) is 2.35. The molecule has 1 aliphatic heterocycles. The average molecular weight is 249 g/mol. The maximum absolute atomic E-state index is 10.3. The number of ether oxygens (including phenoxy) is 1. The fraction of sp³-hybridized carbons (Fsp3) is 0.600. The van der Waals surface area contributed by atoms with Crippen LogP contribution >= 0.6 is 0 Å². The first-order valence-corrected chi connectivity index (χ1v) is 6.75. The normalized spacial score (nSPS) is 20.6. The lowest BCUT2D eigenvalue weighted by atomic mass is 9.94. The number of hydrogen-bond donors (Lipinski definition) is 2. The predicted octanol–water partition coefficient (Wildman–Crippen LogP) is 1.92. The Labute approximate surface area is 109 Å². The Morgan fingerprint density at radius 1 is 1.28 bits per heavy atom. The summed E-state index contributed by atoms with van der Waals surface area (Å²) in [5, 5.41) is 13.7. The second-order valence-corrected chi connectivity index (χ2v) is 5.28. The highest BCUT2D eigenvalue weighted by molar-refractivity contribution is 5.18. The summed E-state index contributed by atoms with van der Waals surface area (Å²) in [6.07, 6.45) is 1.47. The molecule has 0 bridgehead atoms. The van der Waals surface area contributed by atoms with Gasteiger partial charge in [-0.1, -0.05) is 37.3 Å². The molecule has 1 heterocycles. The molecule has 3 heteroatoms. The van der Waals surface area contributed by atoms with Gasteiger partial charge in [0, 0.05) is 39.1 Å². The van der Waals surface area contributed by atoms with Crippen molar-refractivity contribution >= 4 is 0 Å². The highest BCUT2D eigenvalue weighted by Crippen LogP contribution is 2.20. The van der Waals surface area contributed by atoms with Gasteiger partial charge in [-0.25, -0.2) is 0 Å². The molecule has 1 aromatic rings. The van der Waals surface area contributed by atoms with Crippen molar-refractivity contribution < 1.29 is 9.84 Å². The Morgan fingerprint density at radius 3 is 2.61 bits per heavy atom. The van der Waals surface area contributed by atoms with Gasteiger partial charge in [0.2, 0.25) is 0 Å². The molecule has 0 saturated carbocycles. The molecule has 0 radical (unpaired) electrons. The van der Waals surface area contributed by atoms with Gasteiger partial charge < -0.3 is 15.2 Å². The van der Waals surface area contributed by atoms with Crippen LogP contribution < -0.4 is 5.32 Å². The molecule has 0 aliphatic carbocycles. The van der Waals surface area contributed by atoms with Gasteiger partial charge in [-0.2, -0.15) is 0 Å². The lowest BCUT2D eigenvalue weighted by Crippen LogP contribution is -2.45. The van der Waals surface area contributed by atoms with Gasteiger partial charge in [-0.15, -0.1) is 0 Å². The van der Waals surface area contributed by atoms with Crippen LogP contribution in [-0.2, 0) is 4.74 Å². The Hall–Kier alpha value is -0.900. The molecular formula is C15H23NO2. The Morgan fingerprint density at radius 2 is 1.94 bits per heavy atom. The molecule has 3 nitrogen and oxygen atoms in total. The summed E-state index contributed by atoms with van der Waals surface area (Å²) in [4.78, 5) is 0. The largest absolute Gasteiger partial charge is 0.388 e. The molecule has 1 aromatic carbocycles. The molecule has 0 amide bonds. The molecule has 100 valence electrons. The van der Waals surface area contributed by atoms with Gasteiger partial charge in [-0.05, 0) is 11.5 Å². The van der Waals surface area contributed by atoms with E-state index in [9.17, 15) is 5.11 Å². The van der Waals surface area contributed by atoms with Crippen molar-refractivity contribution in [2.75, 3.05) is 26.3 Å². The topological polar surface area (TPSA) is 41.5 Å². The van der Waals surface area contributed by atoms with E-state index >= 15 is 0 Å². The van der Waals surface area contributed by atoms with Crippen molar-refractivity contribution in [1.29, 1.82) is 0 Å².